The van der Waals surface area contributed by atoms with Gasteiger partial charge in [-0.25, -0.2) is 4.98 Å². The van der Waals surface area contributed by atoms with E-state index < -0.39 is 0 Å². The van der Waals surface area contributed by atoms with Gasteiger partial charge in [-0.1, -0.05) is 27.7 Å². The van der Waals surface area contributed by atoms with Gasteiger partial charge in [-0.05, 0) is 17.8 Å². The number of anilines is 2. The van der Waals surface area contributed by atoms with E-state index in [0.717, 1.165) is 18.2 Å². The first-order chi connectivity index (χ1) is 8.04. The molecular weight excluding hydrogens is 212 g/mol. The van der Waals surface area contributed by atoms with Crippen LogP contribution in [0.4, 0.5) is 11.6 Å². The van der Waals surface area contributed by atoms with Gasteiger partial charge in [-0.3, -0.25) is 4.98 Å². The number of rotatable bonds is 6. The lowest BCUT2D eigenvalue weighted by Crippen LogP contribution is -2.24. The van der Waals surface area contributed by atoms with Crippen molar-refractivity contribution >= 4 is 11.6 Å². The first kappa shape index (κ1) is 13.7. The summed E-state index contributed by atoms with van der Waals surface area (Å²) in [5.41, 5.74) is 0. The Morgan fingerprint density at radius 2 is 1.65 bits per heavy atom. The SMILES string of the molecule is CNc1cncc(NCC(C(C)C)C(C)C)n1. The third kappa shape index (κ3) is 4.21. The molecule has 1 aromatic rings. The fraction of sp³-hybridized carbons (Fsp3) is 0.692. The monoisotopic (exact) mass is 236 g/mol. The van der Waals surface area contributed by atoms with Gasteiger partial charge in [0.15, 0.2) is 0 Å². The standard InChI is InChI=1S/C13H24N4/c1-9(2)11(10(3)4)6-16-13-8-15-7-12(14-5)17-13/h7-11H,6H2,1-5H3,(H2,14,16,17). The van der Waals surface area contributed by atoms with Crippen molar-refractivity contribution < 1.29 is 0 Å². The maximum Gasteiger partial charge on any atom is 0.146 e. The van der Waals surface area contributed by atoms with Crippen molar-refractivity contribution in [2.45, 2.75) is 27.7 Å². The molecule has 0 saturated heterocycles. The van der Waals surface area contributed by atoms with Crippen molar-refractivity contribution in [3.05, 3.63) is 12.4 Å². The van der Waals surface area contributed by atoms with Crippen LogP contribution in [-0.4, -0.2) is 23.6 Å². The van der Waals surface area contributed by atoms with Crippen LogP contribution in [-0.2, 0) is 0 Å². The highest BCUT2D eigenvalue weighted by atomic mass is 15.1. The van der Waals surface area contributed by atoms with Crippen LogP contribution in [0.5, 0.6) is 0 Å². The van der Waals surface area contributed by atoms with E-state index in [9.17, 15) is 0 Å². The topological polar surface area (TPSA) is 49.8 Å². The summed E-state index contributed by atoms with van der Waals surface area (Å²) in [5, 5.41) is 6.36. The Kier molecular flexibility index (Phi) is 5.19. The molecule has 96 valence electrons. The molecule has 0 atom stereocenters. The Balaban J connectivity index is 2.59. The fourth-order valence-electron chi connectivity index (χ4n) is 2.04. The molecule has 0 aromatic carbocycles. The zero-order chi connectivity index (χ0) is 12.8. The second-order valence-corrected chi connectivity index (χ2v) is 5.07. The smallest absolute Gasteiger partial charge is 0.146 e. The molecule has 0 fully saturated rings. The van der Waals surface area contributed by atoms with Crippen molar-refractivity contribution in [2.75, 3.05) is 24.2 Å². The van der Waals surface area contributed by atoms with E-state index in [1.807, 2.05) is 7.05 Å². The second kappa shape index (κ2) is 6.42. The molecule has 0 saturated carbocycles. The highest BCUT2D eigenvalue weighted by Gasteiger charge is 2.17. The van der Waals surface area contributed by atoms with Crippen LogP contribution in [0.25, 0.3) is 0 Å². The van der Waals surface area contributed by atoms with Crippen molar-refractivity contribution in [3.8, 4) is 0 Å². The van der Waals surface area contributed by atoms with Crippen molar-refractivity contribution in [2.24, 2.45) is 17.8 Å². The Morgan fingerprint density at radius 3 is 2.18 bits per heavy atom. The largest absolute Gasteiger partial charge is 0.372 e. The number of aromatic nitrogens is 2. The van der Waals surface area contributed by atoms with Crippen molar-refractivity contribution in [3.63, 3.8) is 0 Å². The molecule has 0 amide bonds. The van der Waals surface area contributed by atoms with Crippen LogP contribution in [0.15, 0.2) is 12.4 Å². The Hall–Kier alpha value is -1.32. The van der Waals surface area contributed by atoms with E-state index in [1.54, 1.807) is 12.4 Å². The third-order valence-electron chi connectivity index (χ3n) is 3.12. The predicted octanol–water partition coefficient (Wildman–Crippen LogP) is 2.86. The Morgan fingerprint density at radius 1 is 1.06 bits per heavy atom. The normalized spacial score (nSPS) is 11.3. The molecule has 0 bridgehead atoms. The van der Waals surface area contributed by atoms with Gasteiger partial charge in [-0.2, -0.15) is 0 Å². The van der Waals surface area contributed by atoms with Gasteiger partial charge < -0.3 is 10.6 Å². The third-order valence-corrected chi connectivity index (χ3v) is 3.12. The first-order valence-corrected chi connectivity index (χ1v) is 6.28. The van der Waals surface area contributed by atoms with Gasteiger partial charge in [0.25, 0.3) is 0 Å². The summed E-state index contributed by atoms with van der Waals surface area (Å²) in [4.78, 5) is 8.53. The summed E-state index contributed by atoms with van der Waals surface area (Å²) in [7, 11) is 1.85. The molecular formula is C13H24N4. The molecule has 0 spiro atoms. The zero-order valence-corrected chi connectivity index (χ0v) is 11.5. The lowest BCUT2D eigenvalue weighted by Gasteiger charge is -2.25. The number of hydrogen-bond acceptors (Lipinski definition) is 4. The van der Waals surface area contributed by atoms with E-state index in [1.165, 1.54) is 0 Å². The molecule has 0 unspecified atom stereocenters. The molecule has 4 heteroatoms. The van der Waals surface area contributed by atoms with Crippen molar-refractivity contribution in [1.82, 2.24) is 9.97 Å². The van der Waals surface area contributed by atoms with Gasteiger partial charge >= 0.3 is 0 Å². The minimum Gasteiger partial charge on any atom is -0.372 e. The summed E-state index contributed by atoms with van der Waals surface area (Å²) in [5.74, 6) is 3.62. The van der Waals surface area contributed by atoms with Crippen LogP contribution in [0.3, 0.4) is 0 Å². The summed E-state index contributed by atoms with van der Waals surface area (Å²) < 4.78 is 0. The minimum absolute atomic E-state index is 0.648. The van der Waals surface area contributed by atoms with E-state index in [0.29, 0.717) is 17.8 Å². The Bertz CT molecular complexity index is 328. The quantitative estimate of drug-likeness (QED) is 0.797. The van der Waals surface area contributed by atoms with Crippen LogP contribution >= 0.6 is 0 Å². The number of hydrogen-bond donors (Lipinski definition) is 2. The van der Waals surface area contributed by atoms with Gasteiger partial charge in [0.1, 0.15) is 11.6 Å². The highest BCUT2D eigenvalue weighted by Crippen LogP contribution is 2.20. The predicted molar refractivity (Wildman–Crippen MR) is 73.2 cm³/mol. The zero-order valence-electron chi connectivity index (χ0n) is 11.5. The second-order valence-electron chi connectivity index (χ2n) is 5.07. The number of nitrogens with zero attached hydrogens (tertiary/aromatic N) is 2. The molecule has 0 radical (unpaired) electrons. The van der Waals surface area contributed by atoms with E-state index in [-0.39, 0.29) is 0 Å². The summed E-state index contributed by atoms with van der Waals surface area (Å²) in [6, 6.07) is 0. The molecule has 0 aliphatic rings. The maximum atomic E-state index is 4.40. The lowest BCUT2D eigenvalue weighted by molar-refractivity contribution is 0.304. The molecule has 1 heterocycles. The molecule has 4 nitrogen and oxygen atoms in total. The minimum atomic E-state index is 0.648. The van der Waals surface area contributed by atoms with Crippen molar-refractivity contribution in [1.29, 1.82) is 0 Å². The summed E-state index contributed by atoms with van der Waals surface area (Å²) >= 11 is 0. The van der Waals surface area contributed by atoms with Crippen LogP contribution in [0.2, 0.25) is 0 Å². The average Bonchev–Trinajstić information content (AvgIpc) is 2.28. The van der Waals surface area contributed by atoms with E-state index in [4.69, 9.17) is 0 Å². The molecule has 17 heavy (non-hydrogen) atoms. The first-order valence-electron chi connectivity index (χ1n) is 6.28. The molecule has 1 aromatic heterocycles. The average molecular weight is 236 g/mol. The van der Waals surface area contributed by atoms with E-state index in [2.05, 4.69) is 48.3 Å². The highest BCUT2D eigenvalue weighted by molar-refractivity contribution is 5.40. The summed E-state index contributed by atoms with van der Waals surface area (Å²) in [6.07, 6.45) is 3.48. The van der Waals surface area contributed by atoms with E-state index >= 15 is 0 Å². The van der Waals surface area contributed by atoms with Gasteiger partial charge in [0, 0.05) is 13.6 Å². The molecule has 1 rings (SSSR count). The fourth-order valence-corrected chi connectivity index (χ4v) is 2.04. The van der Waals surface area contributed by atoms with Crippen LogP contribution in [0, 0.1) is 17.8 Å². The lowest BCUT2D eigenvalue weighted by atomic mass is 9.85. The molecule has 0 aliphatic carbocycles. The maximum absolute atomic E-state index is 4.40. The van der Waals surface area contributed by atoms with Gasteiger partial charge in [0.2, 0.25) is 0 Å². The van der Waals surface area contributed by atoms with Crippen LogP contribution in [0.1, 0.15) is 27.7 Å². The number of nitrogens with one attached hydrogen (secondary N) is 2. The van der Waals surface area contributed by atoms with Crippen LogP contribution < -0.4 is 10.6 Å². The summed E-state index contributed by atoms with van der Waals surface area (Å²) in [6.45, 7) is 10.0. The molecule has 0 aliphatic heterocycles. The Labute approximate surface area is 104 Å². The van der Waals surface area contributed by atoms with Gasteiger partial charge in [-0.15, -0.1) is 0 Å². The van der Waals surface area contributed by atoms with Gasteiger partial charge in [0.05, 0.1) is 12.4 Å². The molecule has 2 N–H and O–H groups in total.